The Morgan fingerprint density at radius 1 is 1.43 bits per heavy atom. The molecule has 1 aromatic heterocycles. The Balaban J connectivity index is 1.85. The summed E-state index contributed by atoms with van der Waals surface area (Å²) in [4.78, 5) is 9.28. The van der Waals surface area contributed by atoms with Crippen molar-refractivity contribution in [1.29, 1.82) is 0 Å². The summed E-state index contributed by atoms with van der Waals surface area (Å²) in [6.45, 7) is 2.65. The number of hydrogen-bond donors (Lipinski definition) is 0. The van der Waals surface area contributed by atoms with E-state index >= 15 is 0 Å². The molecule has 8 heteroatoms. The minimum atomic E-state index is -2.68. The van der Waals surface area contributed by atoms with Gasteiger partial charge in [0.2, 0.25) is 0 Å². The van der Waals surface area contributed by atoms with Crippen molar-refractivity contribution in [3.63, 3.8) is 0 Å². The smallest absolute Gasteiger partial charge is 0.282 e. The summed E-state index contributed by atoms with van der Waals surface area (Å²) in [5.74, 6) is -1.78. The number of halogens is 2. The van der Waals surface area contributed by atoms with Crippen molar-refractivity contribution in [1.82, 2.24) is 10.1 Å². The van der Waals surface area contributed by atoms with Gasteiger partial charge in [0, 0.05) is 5.56 Å². The first-order valence-corrected chi connectivity index (χ1v) is 6.14. The van der Waals surface area contributed by atoms with Crippen molar-refractivity contribution in [2.75, 3.05) is 25.1 Å². The van der Waals surface area contributed by atoms with Crippen LogP contribution in [0, 0.1) is 0 Å². The third-order valence-corrected chi connectivity index (χ3v) is 3.14. The third-order valence-electron chi connectivity index (χ3n) is 3.14. The summed E-state index contributed by atoms with van der Waals surface area (Å²) in [7, 11) is 1.51. The molecule has 0 N–H and O–H groups in total. The van der Waals surface area contributed by atoms with Gasteiger partial charge in [0.15, 0.2) is 0 Å². The maximum absolute atomic E-state index is 12.8. The van der Waals surface area contributed by atoms with Crippen LogP contribution in [0.1, 0.15) is 0 Å². The second-order valence-electron chi connectivity index (χ2n) is 4.66. The lowest BCUT2D eigenvalue weighted by molar-refractivity contribution is -0.0273. The van der Waals surface area contributed by atoms with Gasteiger partial charge >= 0.3 is 0 Å². The summed E-state index contributed by atoms with van der Waals surface area (Å²) in [5, 5.41) is 3.71. The molecular weight excluding hydrogens is 282 g/mol. The molecule has 0 radical (unpaired) electrons. The van der Waals surface area contributed by atoms with E-state index in [1.54, 1.807) is 18.2 Å². The molecule has 1 aliphatic heterocycles. The highest BCUT2D eigenvalue weighted by atomic mass is 19.3. The predicted octanol–water partition coefficient (Wildman–Crippen LogP) is 2.53. The van der Waals surface area contributed by atoms with Crippen LogP contribution in [0.2, 0.25) is 0 Å². The molecule has 21 heavy (non-hydrogen) atoms. The molecule has 0 amide bonds. The molecular formula is C13H12F2N4O2. The SMILES string of the molecule is C=Nc1ccc(-c2nc(N3CC(F)(F)C3)no2)cc1OC. The first-order valence-electron chi connectivity index (χ1n) is 6.14. The number of alkyl halides is 2. The van der Waals surface area contributed by atoms with Gasteiger partial charge in [-0.25, -0.2) is 8.78 Å². The largest absolute Gasteiger partial charge is 0.494 e. The molecule has 110 valence electrons. The number of ether oxygens (including phenoxy) is 1. The third kappa shape index (κ3) is 2.44. The highest BCUT2D eigenvalue weighted by Crippen LogP contribution is 2.34. The van der Waals surface area contributed by atoms with Crippen molar-refractivity contribution in [2.24, 2.45) is 4.99 Å². The Morgan fingerprint density at radius 3 is 2.81 bits per heavy atom. The number of nitrogens with zero attached hydrogens (tertiary/aromatic N) is 4. The fourth-order valence-electron chi connectivity index (χ4n) is 2.06. The molecule has 0 aliphatic carbocycles. The van der Waals surface area contributed by atoms with E-state index < -0.39 is 19.0 Å². The molecule has 1 saturated heterocycles. The average molecular weight is 294 g/mol. The summed E-state index contributed by atoms with van der Waals surface area (Å²) >= 11 is 0. The molecule has 1 aromatic carbocycles. The van der Waals surface area contributed by atoms with Crippen molar-refractivity contribution in [2.45, 2.75) is 5.92 Å². The fourth-order valence-corrected chi connectivity index (χ4v) is 2.06. The van der Waals surface area contributed by atoms with Gasteiger partial charge in [0.25, 0.3) is 17.8 Å². The first-order chi connectivity index (χ1) is 10.0. The van der Waals surface area contributed by atoms with E-state index in [4.69, 9.17) is 9.26 Å². The lowest BCUT2D eigenvalue weighted by Gasteiger charge is -2.37. The Hall–Kier alpha value is -2.51. The summed E-state index contributed by atoms with van der Waals surface area (Å²) < 4.78 is 35.9. The van der Waals surface area contributed by atoms with Gasteiger partial charge in [0.1, 0.15) is 11.4 Å². The Bertz CT molecular complexity index is 679. The summed E-state index contributed by atoms with van der Waals surface area (Å²) in [6.07, 6.45) is 0. The van der Waals surface area contributed by atoms with Crippen molar-refractivity contribution < 1.29 is 18.0 Å². The van der Waals surface area contributed by atoms with Crippen LogP contribution < -0.4 is 9.64 Å². The van der Waals surface area contributed by atoms with E-state index in [0.29, 0.717) is 17.0 Å². The molecule has 1 aliphatic rings. The summed E-state index contributed by atoms with van der Waals surface area (Å²) in [6, 6.07) is 5.09. The highest BCUT2D eigenvalue weighted by molar-refractivity contribution is 5.66. The topological polar surface area (TPSA) is 63.8 Å². The maximum Gasteiger partial charge on any atom is 0.282 e. The predicted molar refractivity (Wildman–Crippen MR) is 72.7 cm³/mol. The van der Waals surface area contributed by atoms with Crippen LogP contribution in [0.3, 0.4) is 0 Å². The minimum absolute atomic E-state index is 0.154. The van der Waals surface area contributed by atoms with E-state index in [1.807, 2.05) is 0 Å². The zero-order valence-electron chi connectivity index (χ0n) is 11.2. The summed E-state index contributed by atoms with van der Waals surface area (Å²) in [5.41, 5.74) is 1.20. The average Bonchev–Trinajstić information content (AvgIpc) is 2.93. The number of aliphatic imine (C=N–C) groups is 1. The zero-order valence-corrected chi connectivity index (χ0v) is 11.2. The van der Waals surface area contributed by atoms with Crippen LogP contribution in [0.5, 0.6) is 5.75 Å². The fraction of sp³-hybridized carbons (Fsp3) is 0.308. The standard InChI is InChI=1S/C13H12F2N4O2/c1-16-9-4-3-8(5-10(9)20-2)11-17-12(18-21-11)19-6-13(14,15)7-19/h3-5H,1,6-7H2,2H3. The van der Waals surface area contributed by atoms with Gasteiger partial charge in [-0.2, -0.15) is 4.98 Å². The lowest BCUT2D eigenvalue weighted by Crippen LogP contribution is -2.56. The lowest BCUT2D eigenvalue weighted by atomic mass is 10.1. The highest BCUT2D eigenvalue weighted by Gasteiger charge is 2.45. The molecule has 3 rings (SSSR count). The monoisotopic (exact) mass is 294 g/mol. The van der Waals surface area contributed by atoms with Crippen LogP contribution in [0.4, 0.5) is 20.4 Å². The Morgan fingerprint density at radius 2 is 2.19 bits per heavy atom. The van der Waals surface area contributed by atoms with Crippen LogP contribution in [-0.2, 0) is 0 Å². The molecule has 1 fully saturated rings. The van der Waals surface area contributed by atoms with E-state index in [2.05, 4.69) is 21.9 Å². The van der Waals surface area contributed by atoms with Crippen molar-refractivity contribution in [3.05, 3.63) is 18.2 Å². The van der Waals surface area contributed by atoms with Crippen molar-refractivity contribution in [3.8, 4) is 17.2 Å². The Kier molecular flexibility index (Phi) is 3.08. The van der Waals surface area contributed by atoms with Gasteiger partial charge in [0.05, 0.1) is 20.2 Å². The number of anilines is 1. The number of aromatic nitrogens is 2. The molecule has 0 bridgehead atoms. The second-order valence-corrected chi connectivity index (χ2v) is 4.66. The normalized spacial score (nSPS) is 16.4. The molecule has 0 saturated carbocycles. The zero-order chi connectivity index (χ0) is 15.0. The molecule has 2 heterocycles. The van der Waals surface area contributed by atoms with E-state index in [0.717, 1.165) is 0 Å². The number of hydrogen-bond acceptors (Lipinski definition) is 6. The number of benzene rings is 1. The van der Waals surface area contributed by atoms with Gasteiger partial charge in [-0.1, -0.05) is 0 Å². The molecule has 6 nitrogen and oxygen atoms in total. The van der Waals surface area contributed by atoms with Crippen LogP contribution >= 0.6 is 0 Å². The quantitative estimate of drug-likeness (QED) is 0.811. The van der Waals surface area contributed by atoms with Gasteiger partial charge in [-0.15, -0.1) is 0 Å². The van der Waals surface area contributed by atoms with E-state index in [1.165, 1.54) is 12.0 Å². The number of rotatable bonds is 4. The Labute approximate surface area is 119 Å². The van der Waals surface area contributed by atoms with E-state index in [9.17, 15) is 8.78 Å². The van der Waals surface area contributed by atoms with E-state index in [-0.39, 0.29) is 11.8 Å². The van der Waals surface area contributed by atoms with Crippen molar-refractivity contribution >= 4 is 18.4 Å². The molecule has 0 atom stereocenters. The maximum atomic E-state index is 12.8. The molecule has 2 aromatic rings. The molecule has 0 spiro atoms. The van der Waals surface area contributed by atoms with Crippen LogP contribution in [-0.4, -0.2) is 43.0 Å². The first kappa shape index (κ1) is 13.5. The van der Waals surface area contributed by atoms with Gasteiger partial charge in [-0.05, 0) is 30.1 Å². The van der Waals surface area contributed by atoms with Gasteiger partial charge < -0.3 is 14.2 Å². The van der Waals surface area contributed by atoms with Crippen LogP contribution in [0.15, 0.2) is 27.7 Å². The van der Waals surface area contributed by atoms with Crippen LogP contribution in [0.25, 0.3) is 11.5 Å². The van der Waals surface area contributed by atoms with Gasteiger partial charge in [-0.3, -0.25) is 4.99 Å². The second kappa shape index (κ2) is 4.80. The number of methoxy groups -OCH3 is 1. The minimum Gasteiger partial charge on any atom is -0.494 e. The molecule has 0 unspecified atom stereocenters.